The lowest BCUT2D eigenvalue weighted by atomic mass is 10.0. The lowest BCUT2D eigenvalue weighted by Crippen LogP contribution is -2.60. The zero-order chi connectivity index (χ0) is 30.1. The zero-order valence-corrected chi connectivity index (χ0v) is 22.3. The quantitative estimate of drug-likeness (QED) is 0.0995. The molecule has 0 spiro atoms. The number of para-hydroxylation sites is 1. The molecule has 0 aliphatic heterocycles. The first-order valence-corrected chi connectivity index (χ1v) is 12.8. The molecule has 1 aromatic carbocycles. The van der Waals surface area contributed by atoms with Gasteiger partial charge in [0.05, 0.1) is 18.5 Å². The number of carboxylic acids is 1. The molecule has 0 fully saturated rings. The fourth-order valence-corrected chi connectivity index (χ4v) is 4.20. The van der Waals surface area contributed by atoms with E-state index in [0.29, 0.717) is 5.69 Å². The fourth-order valence-electron chi connectivity index (χ4n) is 4.20. The second-order valence-corrected chi connectivity index (χ2v) is 9.64. The molecule has 5 atom stereocenters. The Morgan fingerprint density at radius 1 is 0.976 bits per heavy atom. The van der Waals surface area contributed by atoms with Crippen molar-refractivity contribution in [2.45, 2.75) is 62.9 Å². The maximum atomic E-state index is 13.1. The number of carbonyl (C=O) groups is 5. The van der Waals surface area contributed by atoms with Gasteiger partial charge in [0.15, 0.2) is 0 Å². The van der Waals surface area contributed by atoms with Gasteiger partial charge in [-0.1, -0.05) is 18.2 Å². The maximum absolute atomic E-state index is 13.1. The van der Waals surface area contributed by atoms with E-state index in [1.54, 1.807) is 6.20 Å². The van der Waals surface area contributed by atoms with E-state index in [2.05, 4.69) is 30.9 Å². The number of aliphatic carboxylic acids is 1. The summed E-state index contributed by atoms with van der Waals surface area (Å²) >= 11 is 0. The van der Waals surface area contributed by atoms with E-state index in [-0.39, 0.29) is 25.7 Å². The molecule has 15 nitrogen and oxygen atoms in total. The van der Waals surface area contributed by atoms with Crippen LogP contribution in [0.3, 0.4) is 0 Å². The van der Waals surface area contributed by atoms with Gasteiger partial charge in [-0.05, 0) is 31.4 Å². The third kappa shape index (κ3) is 8.61. The average molecular weight is 571 g/mol. The van der Waals surface area contributed by atoms with Crippen molar-refractivity contribution in [3.05, 3.63) is 54.2 Å². The Kier molecular flexibility index (Phi) is 10.5. The highest BCUT2D eigenvalue weighted by Crippen LogP contribution is 2.18. The van der Waals surface area contributed by atoms with Gasteiger partial charge < -0.3 is 47.6 Å². The van der Waals surface area contributed by atoms with E-state index in [4.69, 9.17) is 11.5 Å². The molecule has 5 unspecified atom stereocenters. The molecule has 15 heteroatoms. The van der Waals surface area contributed by atoms with Crippen LogP contribution in [-0.4, -0.2) is 85.0 Å². The minimum atomic E-state index is -1.51. The summed E-state index contributed by atoms with van der Waals surface area (Å²) in [5, 5.41) is 27.8. The number of carboxylic acid groups (broad SMARTS) is 1. The second kappa shape index (κ2) is 14.0. The number of nitrogens with zero attached hydrogens (tertiary/aromatic N) is 1. The SMILES string of the molecule is CC(O)C(NC(=O)C(N)Cc1c[nH]c2ccccc12)C(=O)NC(CCC(N)=O)C(=O)NC(Cc1cnc[nH]1)C(=O)O. The van der Waals surface area contributed by atoms with E-state index in [1.807, 2.05) is 24.3 Å². The van der Waals surface area contributed by atoms with Crippen LogP contribution in [-0.2, 0) is 36.8 Å². The molecule has 4 amide bonds. The number of hydrogen-bond donors (Lipinski definition) is 9. The number of aliphatic hydroxyl groups excluding tert-OH is 1. The summed E-state index contributed by atoms with van der Waals surface area (Å²) in [5.41, 5.74) is 13.4. The predicted molar refractivity (Wildman–Crippen MR) is 146 cm³/mol. The van der Waals surface area contributed by atoms with Gasteiger partial charge in [0.25, 0.3) is 0 Å². The Bertz CT molecular complexity index is 1370. The van der Waals surface area contributed by atoms with Crippen LogP contribution in [0, 0.1) is 0 Å². The van der Waals surface area contributed by atoms with Gasteiger partial charge in [0.1, 0.15) is 18.1 Å². The van der Waals surface area contributed by atoms with Gasteiger partial charge in [-0.15, -0.1) is 0 Å². The van der Waals surface area contributed by atoms with Crippen LogP contribution in [0.5, 0.6) is 0 Å². The molecule has 3 aromatic rings. The topological polar surface area (TPSA) is 258 Å². The van der Waals surface area contributed by atoms with Crippen molar-refractivity contribution >= 4 is 40.5 Å². The van der Waals surface area contributed by atoms with Gasteiger partial charge in [-0.2, -0.15) is 0 Å². The lowest BCUT2D eigenvalue weighted by molar-refractivity contribution is -0.142. The summed E-state index contributed by atoms with van der Waals surface area (Å²) < 4.78 is 0. The fraction of sp³-hybridized carbons (Fsp3) is 0.385. The van der Waals surface area contributed by atoms with Gasteiger partial charge in [-0.3, -0.25) is 19.2 Å². The Labute approximate surface area is 234 Å². The molecule has 0 bridgehead atoms. The summed E-state index contributed by atoms with van der Waals surface area (Å²) in [6, 6.07) is 2.08. The number of aliphatic hydroxyl groups is 1. The highest BCUT2D eigenvalue weighted by Gasteiger charge is 2.33. The van der Waals surface area contributed by atoms with E-state index < -0.39 is 59.9 Å². The first kappa shape index (κ1) is 30.8. The van der Waals surface area contributed by atoms with Crippen molar-refractivity contribution in [3.63, 3.8) is 0 Å². The Balaban J connectivity index is 1.68. The van der Waals surface area contributed by atoms with Crippen molar-refractivity contribution in [2.24, 2.45) is 11.5 Å². The van der Waals surface area contributed by atoms with Crippen LogP contribution in [0.15, 0.2) is 43.0 Å². The molecular weight excluding hydrogens is 536 g/mol. The minimum absolute atomic E-state index is 0.127. The second-order valence-electron chi connectivity index (χ2n) is 9.64. The number of fused-ring (bicyclic) bond motifs is 1. The molecule has 2 heterocycles. The largest absolute Gasteiger partial charge is 0.480 e. The van der Waals surface area contributed by atoms with Crippen LogP contribution in [0.25, 0.3) is 10.9 Å². The maximum Gasteiger partial charge on any atom is 0.326 e. The molecule has 0 aliphatic carbocycles. The number of rotatable bonds is 15. The predicted octanol–water partition coefficient (Wildman–Crippen LogP) is -1.81. The molecule has 0 saturated heterocycles. The molecule has 0 radical (unpaired) electrons. The highest BCUT2D eigenvalue weighted by atomic mass is 16.4. The van der Waals surface area contributed by atoms with Crippen molar-refractivity contribution in [3.8, 4) is 0 Å². The third-order valence-electron chi connectivity index (χ3n) is 6.42. The Hall–Kier alpha value is -4.76. The molecule has 3 rings (SSSR count). The summed E-state index contributed by atoms with van der Waals surface area (Å²) in [6.45, 7) is 1.26. The van der Waals surface area contributed by atoms with Gasteiger partial charge >= 0.3 is 5.97 Å². The number of hydrogen-bond acceptors (Lipinski definition) is 8. The van der Waals surface area contributed by atoms with Crippen molar-refractivity contribution in [1.29, 1.82) is 0 Å². The van der Waals surface area contributed by atoms with Crippen molar-refractivity contribution in [2.75, 3.05) is 0 Å². The van der Waals surface area contributed by atoms with E-state index in [1.165, 1.54) is 19.4 Å². The lowest BCUT2D eigenvalue weighted by Gasteiger charge is -2.26. The number of aromatic amines is 2. The Morgan fingerprint density at radius 2 is 1.68 bits per heavy atom. The van der Waals surface area contributed by atoms with Crippen molar-refractivity contribution in [1.82, 2.24) is 30.9 Å². The van der Waals surface area contributed by atoms with Crippen LogP contribution >= 0.6 is 0 Å². The van der Waals surface area contributed by atoms with E-state index >= 15 is 0 Å². The summed E-state index contributed by atoms with van der Waals surface area (Å²) in [7, 11) is 0. The first-order valence-electron chi connectivity index (χ1n) is 12.8. The van der Waals surface area contributed by atoms with Crippen LogP contribution in [0.4, 0.5) is 0 Å². The third-order valence-corrected chi connectivity index (χ3v) is 6.42. The minimum Gasteiger partial charge on any atom is -0.480 e. The first-order chi connectivity index (χ1) is 19.5. The highest BCUT2D eigenvalue weighted by molar-refractivity contribution is 5.95. The van der Waals surface area contributed by atoms with Crippen LogP contribution < -0.4 is 27.4 Å². The molecule has 0 aliphatic rings. The number of nitrogens with one attached hydrogen (secondary N) is 5. The normalized spacial score (nSPS) is 14.8. The van der Waals surface area contributed by atoms with Crippen LogP contribution in [0.2, 0.25) is 0 Å². The van der Waals surface area contributed by atoms with Gasteiger partial charge in [0.2, 0.25) is 23.6 Å². The number of primary amides is 1. The molecule has 2 aromatic heterocycles. The molecular formula is C26H34N8O7. The molecule has 0 saturated carbocycles. The average Bonchev–Trinajstić information content (AvgIpc) is 3.58. The molecule has 41 heavy (non-hydrogen) atoms. The zero-order valence-electron chi connectivity index (χ0n) is 22.3. The number of carbonyl (C=O) groups excluding carboxylic acids is 4. The summed E-state index contributed by atoms with van der Waals surface area (Å²) in [4.78, 5) is 71.8. The number of imidazole rings is 1. The summed E-state index contributed by atoms with van der Waals surface area (Å²) in [5.74, 6) is -4.67. The van der Waals surface area contributed by atoms with Crippen LogP contribution in [0.1, 0.15) is 31.0 Å². The monoisotopic (exact) mass is 570 g/mol. The number of H-pyrrole nitrogens is 2. The number of amides is 4. The number of nitrogens with two attached hydrogens (primary N) is 2. The number of aromatic nitrogens is 3. The van der Waals surface area contributed by atoms with Gasteiger partial charge in [-0.25, -0.2) is 9.78 Å². The standard InChI is InChI=1S/C26H34N8O7/c1-13(35)22(34-23(37)17(27)8-14-10-30-18-5-3-2-4-16(14)18)25(39)32-19(6-7-21(28)36)24(38)33-20(26(40)41)9-15-11-29-12-31-15/h2-5,10-13,17,19-20,22,30,35H,6-9,27H2,1H3,(H2,28,36)(H,29,31)(H,32,39)(H,33,38)(H,34,37)(H,40,41). The molecule has 220 valence electrons. The smallest absolute Gasteiger partial charge is 0.326 e. The number of benzene rings is 1. The Morgan fingerprint density at radius 3 is 2.32 bits per heavy atom. The van der Waals surface area contributed by atoms with E-state index in [9.17, 15) is 34.2 Å². The van der Waals surface area contributed by atoms with Crippen molar-refractivity contribution < 1.29 is 34.2 Å². The molecule has 11 N–H and O–H groups in total. The van der Waals surface area contributed by atoms with Gasteiger partial charge in [0, 0.05) is 41.8 Å². The van der Waals surface area contributed by atoms with E-state index in [0.717, 1.165) is 16.5 Å². The summed E-state index contributed by atoms with van der Waals surface area (Å²) in [6.07, 6.45) is 2.53.